The van der Waals surface area contributed by atoms with Crippen LogP contribution in [-0.4, -0.2) is 24.4 Å². The molecule has 0 aromatic carbocycles. The molecule has 138 valence electrons. The predicted molar refractivity (Wildman–Crippen MR) is 97.7 cm³/mol. The molecular formula is C22H38O2. The van der Waals surface area contributed by atoms with Gasteiger partial charge in [-0.15, -0.1) is 0 Å². The van der Waals surface area contributed by atoms with Crippen LogP contribution in [0.5, 0.6) is 0 Å². The highest BCUT2D eigenvalue weighted by Crippen LogP contribution is 2.67. The molecule has 0 aromatic heterocycles. The zero-order valence-electron chi connectivity index (χ0n) is 16.3. The van der Waals surface area contributed by atoms with Crippen LogP contribution in [0.25, 0.3) is 0 Å². The van der Waals surface area contributed by atoms with Crippen molar-refractivity contribution < 1.29 is 9.84 Å². The average Bonchev–Trinajstić information content (AvgIpc) is 2.91. The summed E-state index contributed by atoms with van der Waals surface area (Å²) in [5, 5.41) is 10.3. The van der Waals surface area contributed by atoms with Crippen LogP contribution >= 0.6 is 0 Å². The van der Waals surface area contributed by atoms with E-state index in [1.807, 2.05) is 14.0 Å². The number of aliphatic hydroxyl groups excluding tert-OH is 1. The van der Waals surface area contributed by atoms with Gasteiger partial charge < -0.3 is 9.84 Å². The first-order valence-corrected chi connectivity index (χ1v) is 10.6. The first-order chi connectivity index (χ1) is 11.4. The van der Waals surface area contributed by atoms with Gasteiger partial charge in [-0.1, -0.05) is 13.8 Å². The normalized spacial score (nSPS) is 55.4. The smallest absolute Gasteiger partial charge is 0.0574 e. The predicted octanol–water partition coefficient (Wildman–Crippen LogP) is 5.04. The monoisotopic (exact) mass is 334 g/mol. The van der Waals surface area contributed by atoms with Crippen molar-refractivity contribution in [2.24, 2.45) is 40.4 Å². The molecule has 9 atom stereocenters. The topological polar surface area (TPSA) is 29.5 Å². The Morgan fingerprint density at radius 3 is 2.33 bits per heavy atom. The zero-order valence-corrected chi connectivity index (χ0v) is 16.3. The minimum atomic E-state index is -0.124. The van der Waals surface area contributed by atoms with Crippen LogP contribution in [0.4, 0.5) is 0 Å². The molecule has 4 fully saturated rings. The molecule has 2 nitrogen and oxygen atoms in total. The van der Waals surface area contributed by atoms with Gasteiger partial charge in [0.1, 0.15) is 0 Å². The van der Waals surface area contributed by atoms with E-state index in [0.29, 0.717) is 22.9 Å². The molecule has 4 aliphatic rings. The number of fused-ring (bicyclic) bond motifs is 5. The Bertz CT molecular complexity index is 475. The van der Waals surface area contributed by atoms with E-state index in [1.54, 1.807) is 0 Å². The maximum atomic E-state index is 10.3. The van der Waals surface area contributed by atoms with Gasteiger partial charge in [-0.2, -0.15) is 0 Å². The molecule has 0 aromatic rings. The van der Waals surface area contributed by atoms with E-state index in [-0.39, 0.29) is 6.10 Å². The van der Waals surface area contributed by atoms with Crippen molar-refractivity contribution in [2.75, 3.05) is 7.11 Å². The fraction of sp³-hybridized carbons (Fsp3) is 1.00. The van der Waals surface area contributed by atoms with Crippen molar-refractivity contribution in [3.63, 3.8) is 0 Å². The summed E-state index contributed by atoms with van der Waals surface area (Å²) in [5.41, 5.74) is 0.963. The molecule has 0 aliphatic heterocycles. The summed E-state index contributed by atoms with van der Waals surface area (Å²) >= 11 is 0. The Morgan fingerprint density at radius 2 is 1.62 bits per heavy atom. The molecule has 0 amide bonds. The van der Waals surface area contributed by atoms with Crippen molar-refractivity contribution >= 4 is 0 Å². The van der Waals surface area contributed by atoms with Gasteiger partial charge in [0.25, 0.3) is 0 Å². The number of hydrogen-bond donors (Lipinski definition) is 1. The van der Waals surface area contributed by atoms with Crippen molar-refractivity contribution in [3.8, 4) is 0 Å². The Balaban J connectivity index is 1.58. The van der Waals surface area contributed by atoms with E-state index in [0.717, 1.165) is 23.7 Å². The van der Waals surface area contributed by atoms with Crippen molar-refractivity contribution in [1.29, 1.82) is 0 Å². The highest BCUT2D eigenvalue weighted by atomic mass is 16.5. The lowest BCUT2D eigenvalue weighted by atomic mass is 9.44. The lowest BCUT2D eigenvalue weighted by molar-refractivity contribution is -0.135. The molecule has 4 saturated carbocycles. The van der Waals surface area contributed by atoms with E-state index < -0.39 is 0 Å². The molecule has 1 N–H and O–H groups in total. The molecule has 0 bridgehead atoms. The molecule has 24 heavy (non-hydrogen) atoms. The number of hydrogen-bond acceptors (Lipinski definition) is 2. The second-order valence-corrected chi connectivity index (χ2v) is 10.3. The summed E-state index contributed by atoms with van der Waals surface area (Å²) in [7, 11) is 1.90. The summed E-state index contributed by atoms with van der Waals surface area (Å²) in [6.45, 7) is 7.19. The third-order valence-corrected chi connectivity index (χ3v) is 9.61. The van der Waals surface area contributed by atoms with Gasteiger partial charge in [-0.05, 0) is 105 Å². The zero-order chi connectivity index (χ0) is 17.1. The second-order valence-electron chi connectivity index (χ2n) is 10.3. The van der Waals surface area contributed by atoms with Crippen LogP contribution in [0.15, 0.2) is 0 Å². The van der Waals surface area contributed by atoms with Gasteiger partial charge in [0, 0.05) is 7.11 Å². The van der Waals surface area contributed by atoms with Crippen LogP contribution in [0.1, 0.15) is 78.6 Å². The fourth-order valence-corrected chi connectivity index (χ4v) is 8.27. The van der Waals surface area contributed by atoms with Crippen LogP contribution in [-0.2, 0) is 4.74 Å². The highest BCUT2D eigenvalue weighted by Gasteiger charge is 2.60. The van der Waals surface area contributed by atoms with E-state index in [2.05, 4.69) is 13.8 Å². The van der Waals surface area contributed by atoms with Gasteiger partial charge in [0.15, 0.2) is 0 Å². The Kier molecular flexibility index (Phi) is 4.32. The first-order valence-electron chi connectivity index (χ1n) is 10.6. The van der Waals surface area contributed by atoms with Crippen molar-refractivity contribution in [1.82, 2.24) is 0 Å². The molecule has 2 heteroatoms. The van der Waals surface area contributed by atoms with Crippen molar-refractivity contribution in [3.05, 3.63) is 0 Å². The Morgan fingerprint density at radius 1 is 0.917 bits per heavy atom. The summed E-state index contributed by atoms with van der Waals surface area (Å²) in [6, 6.07) is 0. The van der Waals surface area contributed by atoms with Gasteiger partial charge in [0.2, 0.25) is 0 Å². The van der Waals surface area contributed by atoms with Crippen LogP contribution in [0, 0.1) is 40.4 Å². The summed E-state index contributed by atoms with van der Waals surface area (Å²) < 4.78 is 5.72. The molecule has 0 saturated heterocycles. The quantitative estimate of drug-likeness (QED) is 0.766. The van der Waals surface area contributed by atoms with Crippen LogP contribution in [0.3, 0.4) is 0 Å². The van der Waals surface area contributed by atoms with Crippen LogP contribution in [0.2, 0.25) is 0 Å². The standard InChI is InChI=1S/C22H38O2/c1-14(23)18-7-8-19-17-6-5-15-13-16(24-4)9-11-21(15,2)20(17)10-12-22(18,19)3/h14-20,23H,5-13H2,1-4H3/t14-,15?,16-,17?,18?,19?,20?,21-,22+/m0/s1. The Hall–Kier alpha value is -0.0800. The molecule has 4 aliphatic carbocycles. The largest absolute Gasteiger partial charge is 0.393 e. The number of aliphatic hydroxyl groups is 1. The Labute approximate surface area is 148 Å². The number of rotatable bonds is 2. The van der Waals surface area contributed by atoms with E-state index in [1.165, 1.54) is 57.8 Å². The van der Waals surface area contributed by atoms with Crippen LogP contribution < -0.4 is 0 Å². The van der Waals surface area contributed by atoms with E-state index in [4.69, 9.17) is 4.74 Å². The molecule has 0 heterocycles. The minimum absolute atomic E-state index is 0.124. The number of methoxy groups -OCH3 is 1. The average molecular weight is 335 g/mol. The maximum absolute atomic E-state index is 10.3. The molecule has 5 unspecified atom stereocenters. The fourth-order valence-electron chi connectivity index (χ4n) is 8.27. The lowest BCUT2D eigenvalue weighted by Crippen LogP contribution is -2.54. The summed E-state index contributed by atoms with van der Waals surface area (Å²) in [5.74, 6) is 4.15. The molecule has 0 radical (unpaired) electrons. The SMILES string of the molecule is CO[C@H]1CC[C@@]2(C)C(CCC3C2CC[C@@]2(C)C3CCC2[C@H](C)O)C1. The lowest BCUT2D eigenvalue weighted by Gasteiger charge is -2.61. The summed E-state index contributed by atoms with van der Waals surface area (Å²) in [4.78, 5) is 0. The van der Waals surface area contributed by atoms with Crippen molar-refractivity contribution in [2.45, 2.75) is 90.8 Å². The third-order valence-electron chi connectivity index (χ3n) is 9.61. The minimum Gasteiger partial charge on any atom is -0.393 e. The molecular weight excluding hydrogens is 296 g/mol. The van der Waals surface area contributed by atoms with Gasteiger partial charge in [-0.25, -0.2) is 0 Å². The first kappa shape index (κ1) is 17.3. The molecule has 0 spiro atoms. The third kappa shape index (κ3) is 2.35. The number of ether oxygens (including phenoxy) is 1. The van der Waals surface area contributed by atoms with Gasteiger partial charge in [0.05, 0.1) is 12.2 Å². The second kappa shape index (κ2) is 5.98. The maximum Gasteiger partial charge on any atom is 0.0574 e. The summed E-state index contributed by atoms with van der Waals surface area (Å²) in [6.07, 6.45) is 12.6. The van der Waals surface area contributed by atoms with E-state index in [9.17, 15) is 5.11 Å². The molecule has 4 rings (SSSR count). The highest BCUT2D eigenvalue weighted by molar-refractivity contribution is 5.09. The van der Waals surface area contributed by atoms with Gasteiger partial charge >= 0.3 is 0 Å². The van der Waals surface area contributed by atoms with E-state index >= 15 is 0 Å². The van der Waals surface area contributed by atoms with Gasteiger partial charge in [-0.3, -0.25) is 0 Å².